The lowest BCUT2D eigenvalue weighted by atomic mass is 10.1. The third-order valence-electron chi connectivity index (χ3n) is 3.93. The molecule has 1 aromatic carbocycles. The molecule has 0 aliphatic heterocycles. The van der Waals surface area contributed by atoms with Gasteiger partial charge in [-0.15, -0.1) is 11.8 Å². The van der Waals surface area contributed by atoms with Gasteiger partial charge in [-0.1, -0.05) is 11.6 Å². The van der Waals surface area contributed by atoms with Gasteiger partial charge in [-0.05, 0) is 48.5 Å². The number of rotatable bonds is 7. The van der Waals surface area contributed by atoms with Crippen LogP contribution in [0.2, 0.25) is 5.02 Å². The Balaban J connectivity index is 1.63. The first-order valence-electron chi connectivity index (χ1n) is 8.69. The highest BCUT2D eigenvalue weighted by Crippen LogP contribution is 2.27. The number of anilines is 1. The largest absolute Gasteiger partial charge is 0.497 e. The molecule has 0 fully saturated rings. The summed E-state index contributed by atoms with van der Waals surface area (Å²) in [7, 11) is 1.61. The number of nitriles is 1. The van der Waals surface area contributed by atoms with Crippen LogP contribution in [-0.2, 0) is 4.79 Å². The van der Waals surface area contributed by atoms with Crippen molar-refractivity contribution in [3.63, 3.8) is 0 Å². The fraction of sp³-hybridized carbons (Fsp3) is 0.143. The van der Waals surface area contributed by atoms with Gasteiger partial charge in [0.15, 0.2) is 0 Å². The second-order valence-corrected chi connectivity index (χ2v) is 7.42. The van der Waals surface area contributed by atoms with Gasteiger partial charge in [-0.25, -0.2) is 9.97 Å². The van der Waals surface area contributed by atoms with Crippen molar-refractivity contribution in [3.8, 4) is 23.1 Å². The number of thioether (sulfide) groups is 1. The minimum atomic E-state index is -0.169. The van der Waals surface area contributed by atoms with Crippen LogP contribution in [0.4, 0.5) is 5.82 Å². The maximum atomic E-state index is 12.1. The van der Waals surface area contributed by atoms with E-state index in [9.17, 15) is 10.1 Å². The number of halogens is 1. The van der Waals surface area contributed by atoms with Crippen molar-refractivity contribution in [2.24, 2.45) is 0 Å². The van der Waals surface area contributed by atoms with Crippen LogP contribution < -0.4 is 10.1 Å². The van der Waals surface area contributed by atoms with E-state index in [0.29, 0.717) is 27.2 Å². The molecule has 0 bridgehead atoms. The Bertz CT molecular complexity index is 1030. The molecular weight excluding hydrogens is 408 g/mol. The summed E-state index contributed by atoms with van der Waals surface area (Å²) < 4.78 is 5.17. The van der Waals surface area contributed by atoms with Crippen molar-refractivity contribution in [1.29, 1.82) is 5.26 Å². The molecule has 6 nitrogen and oxygen atoms in total. The second-order valence-electron chi connectivity index (χ2n) is 5.90. The fourth-order valence-corrected chi connectivity index (χ4v) is 3.48. The number of ether oxygens (including phenoxy) is 1. The minimum Gasteiger partial charge on any atom is -0.497 e. The van der Waals surface area contributed by atoms with Crippen molar-refractivity contribution in [3.05, 3.63) is 65.3 Å². The first-order chi connectivity index (χ1) is 14.1. The highest BCUT2D eigenvalue weighted by atomic mass is 35.5. The number of carbonyl (C=O) groups is 1. The van der Waals surface area contributed by atoms with Crippen molar-refractivity contribution >= 4 is 35.1 Å². The third-order valence-corrected chi connectivity index (χ3v) is 5.15. The molecule has 0 atom stereocenters. The number of methoxy groups -OCH3 is 1. The van der Waals surface area contributed by atoms with Gasteiger partial charge in [0, 0.05) is 23.9 Å². The monoisotopic (exact) mass is 424 g/mol. The van der Waals surface area contributed by atoms with Gasteiger partial charge in [-0.2, -0.15) is 5.26 Å². The van der Waals surface area contributed by atoms with Gasteiger partial charge in [-0.3, -0.25) is 4.79 Å². The Morgan fingerprint density at radius 3 is 2.66 bits per heavy atom. The number of benzene rings is 1. The average molecular weight is 425 g/mol. The van der Waals surface area contributed by atoms with Gasteiger partial charge in [0.1, 0.15) is 22.7 Å². The Morgan fingerprint density at radius 1 is 1.21 bits per heavy atom. The van der Waals surface area contributed by atoms with E-state index in [1.807, 2.05) is 30.3 Å². The van der Waals surface area contributed by atoms with Gasteiger partial charge < -0.3 is 10.1 Å². The van der Waals surface area contributed by atoms with Crippen LogP contribution in [0, 0.1) is 11.3 Å². The molecular formula is C21H17ClN4O2S. The molecule has 3 aromatic rings. The number of aromatic nitrogens is 2. The topological polar surface area (TPSA) is 87.9 Å². The van der Waals surface area contributed by atoms with E-state index < -0.39 is 0 Å². The number of nitrogens with zero attached hydrogens (tertiary/aromatic N) is 3. The summed E-state index contributed by atoms with van der Waals surface area (Å²) in [6.07, 6.45) is 1.73. The minimum absolute atomic E-state index is 0.169. The van der Waals surface area contributed by atoms with Crippen LogP contribution in [0.15, 0.2) is 59.8 Å². The lowest BCUT2D eigenvalue weighted by molar-refractivity contribution is -0.115. The van der Waals surface area contributed by atoms with Gasteiger partial charge in [0.05, 0.1) is 23.4 Å². The molecule has 0 radical (unpaired) electrons. The number of hydrogen-bond acceptors (Lipinski definition) is 6. The molecule has 0 unspecified atom stereocenters. The second kappa shape index (κ2) is 9.92. The predicted molar refractivity (Wildman–Crippen MR) is 114 cm³/mol. The normalized spacial score (nSPS) is 10.2. The van der Waals surface area contributed by atoms with Crippen molar-refractivity contribution < 1.29 is 9.53 Å². The van der Waals surface area contributed by atoms with E-state index in [1.165, 1.54) is 18.0 Å². The van der Waals surface area contributed by atoms with Crippen LogP contribution in [0.25, 0.3) is 11.3 Å². The van der Waals surface area contributed by atoms with E-state index in [1.54, 1.807) is 25.3 Å². The molecule has 1 N–H and O–H groups in total. The predicted octanol–water partition coefficient (Wildman–Crippen LogP) is 4.80. The van der Waals surface area contributed by atoms with E-state index in [-0.39, 0.29) is 12.3 Å². The van der Waals surface area contributed by atoms with E-state index in [0.717, 1.165) is 17.0 Å². The van der Waals surface area contributed by atoms with E-state index in [2.05, 4.69) is 21.4 Å². The summed E-state index contributed by atoms with van der Waals surface area (Å²) >= 11 is 7.15. The highest BCUT2D eigenvalue weighted by molar-refractivity contribution is 7.99. The number of hydrogen-bond donors (Lipinski definition) is 1. The smallest absolute Gasteiger partial charge is 0.226 e. The van der Waals surface area contributed by atoms with Crippen LogP contribution in [0.5, 0.6) is 5.75 Å². The maximum absolute atomic E-state index is 12.1. The summed E-state index contributed by atoms with van der Waals surface area (Å²) in [5.41, 5.74) is 2.15. The molecule has 29 heavy (non-hydrogen) atoms. The van der Waals surface area contributed by atoms with Gasteiger partial charge in [0.2, 0.25) is 5.91 Å². The van der Waals surface area contributed by atoms with E-state index in [4.69, 9.17) is 16.3 Å². The molecule has 0 aliphatic rings. The maximum Gasteiger partial charge on any atom is 0.226 e. The van der Waals surface area contributed by atoms with Gasteiger partial charge in [0.25, 0.3) is 0 Å². The van der Waals surface area contributed by atoms with Crippen LogP contribution in [-0.4, -0.2) is 28.7 Å². The summed E-state index contributed by atoms with van der Waals surface area (Å²) in [6, 6.07) is 16.5. The summed E-state index contributed by atoms with van der Waals surface area (Å²) in [6.45, 7) is 0. The molecule has 0 saturated carbocycles. The summed E-state index contributed by atoms with van der Waals surface area (Å²) in [5, 5.41) is 13.2. The molecule has 0 saturated heterocycles. The van der Waals surface area contributed by atoms with Crippen molar-refractivity contribution in [1.82, 2.24) is 9.97 Å². The third kappa shape index (κ3) is 5.70. The molecule has 2 heterocycles. The first-order valence-corrected chi connectivity index (χ1v) is 10.0. The first kappa shape index (κ1) is 20.6. The number of carbonyl (C=O) groups excluding carboxylic acids is 1. The average Bonchev–Trinajstić information content (AvgIpc) is 2.75. The zero-order valence-electron chi connectivity index (χ0n) is 15.6. The molecule has 2 aromatic heterocycles. The standard InChI is InChI=1S/C21H17ClN4O2S/c1-28-17-6-2-14(3-7-17)18-8-4-15(12-23)21(25-18)29-11-10-20(27)26-19-9-5-16(22)13-24-19/h2-9,13H,10-11H2,1H3,(H,24,26,27). The molecule has 3 rings (SSSR count). The number of nitrogens with one attached hydrogen (secondary N) is 1. The molecule has 0 spiro atoms. The van der Waals surface area contributed by atoms with E-state index >= 15 is 0 Å². The Kier molecular flexibility index (Phi) is 7.06. The lowest BCUT2D eigenvalue weighted by Gasteiger charge is -2.08. The zero-order chi connectivity index (χ0) is 20.6. The Labute approximate surface area is 177 Å². The van der Waals surface area contributed by atoms with Crippen molar-refractivity contribution in [2.75, 3.05) is 18.2 Å². The highest BCUT2D eigenvalue weighted by Gasteiger charge is 2.10. The number of amides is 1. The van der Waals surface area contributed by atoms with Crippen LogP contribution in [0.3, 0.4) is 0 Å². The molecule has 0 aliphatic carbocycles. The van der Waals surface area contributed by atoms with Crippen LogP contribution >= 0.6 is 23.4 Å². The number of pyridine rings is 2. The molecule has 8 heteroatoms. The SMILES string of the molecule is COc1ccc(-c2ccc(C#N)c(SCCC(=O)Nc3ccc(Cl)cn3)n2)cc1. The van der Waals surface area contributed by atoms with Crippen LogP contribution in [0.1, 0.15) is 12.0 Å². The summed E-state index contributed by atoms with van der Waals surface area (Å²) in [4.78, 5) is 20.7. The van der Waals surface area contributed by atoms with Crippen molar-refractivity contribution in [2.45, 2.75) is 11.4 Å². The lowest BCUT2D eigenvalue weighted by Crippen LogP contribution is -2.13. The summed E-state index contributed by atoms with van der Waals surface area (Å²) in [5.74, 6) is 1.52. The fourth-order valence-electron chi connectivity index (χ4n) is 2.45. The quantitative estimate of drug-likeness (QED) is 0.548. The zero-order valence-corrected chi connectivity index (χ0v) is 17.1. The van der Waals surface area contributed by atoms with Gasteiger partial charge >= 0.3 is 0 Å². The molecule has 146 valence electrons. The Morgan fingerprint density at radius 2 is 2.00 bits per heavy atom. The molecule has 1 amide bonds. The Hall–Kier alpha value is -3.08.